The van der Waals surface area contributed by atoms with Gasteiger partial charge in [0, 0.05) is 38.0 Å². The second-order valence-electron chi connectivity index (χ2n) is 5.73. The molecule has 0 saturated carbocycles. The molecule has 1 N–H and O–H groups in total. The van der Waals surface area contributed by atoms with E-state index in [0.29, 0.717) is 32.6 Å². The summed E-state index contributed by atoms with van der Waals surface area (Å²) in [5.41, 5.74) is 0.141. The Morgan fingerprint density at radius 3 is 3.00 bits per heavy atom. The molecule has 2 saturated heterocycles. The molecular weight excluding hydrogens is 268 g/mol. The van der Waals surface area contributed by atoms with E-state index < -0.39 is 11.3 Å². The van der Waals surface area contributed by atoms with Crippen LogP contribution in [0.2, 0.25) is 0 Å². The van der Waals surface area contributed by atoms with E-state index in [1.807, 2.05) is 12.3 Å². The molecule has 1 spiro atoms. The van der Waals surface area contributed by atoms with Crippen molar-refractivity contribution in [3.05, 3.63) is 16.1 Å². The van der Waals surface area contributed by atoms with E-state index >= 15 is 0 Å². The van der Waals surface area contributed by atoms with Crippen molar-refractivity contribution in [2.45, 2.75) is 32.2 Å². The number of nitrogens with zero attached hydrogens (tertiary/aromatic N) is 2. The van der Waals surface area contributed by atoms with Gasteiger partial charge in [-0.15, -0.1) is 11.3 Å². The summed E-state index contributed by atoms with van der Waals surface area (Å²) in [6.07, 6.45) is 0.548. The molecule has 3 rings (SSSR count). The molecule has 0 unspecified atom stereocenters. The summed E-state index contributed by atoms with van der Waals surface area (Å²) in [6, 6.07) is 0. The van der Waals surface area contributed by atoms with E-state index in [4.69, 9.17) is 0 Å². The van der Waals surface area contributed by atoms with Crippen molar-refractivity contribution in [3.8, 4) is 0 Å². The molecule has 3 heterocycles. The smallest absolute Gasteiger partial charge is 0.257 e. The molecule has 2 aliphatic heterocycles. The van der Waals surface area contributed by atoms with Gasteiger partial charge >= 0.3 is 0 Å². The SMILES string of the molecule is Cc1nc(CN2CC[C@]3(CNCCC3(F)F)C2)cs1. The van der Waals surface area contributed by atoms with Crippen molar-refractivity contribution in [3.63, 3.8) is 0 Å². The van der Waals surface area contributed by atoms with Crippen LogP contribution in [0.25, 0.3) is 0 Å². The lowest BCUT2D eigenvalue weighted by atomic mass is 9.76. The molecule has 0 radical (unpaired) electrons. The van der Waals surface area contributed by atoms with Crippen molar-refractivity contribution < 1.29 is 8.78 Å². The Kier molecular flexibility index (Phi) is 3.35. The van der Waals surface area contributed by atoms with Crippen LogP contribution in [0.1, 0.15) is 23.5 Å². The fourth-order valence-electron chi connectivity index (χ4n) is 3.21. The van der Waals surface area contributed by atoms with Gasteiger partial charge in [0.25, 0.3) is 5.92 Å². The molecule has 0 bridgehead atoms. The summed E-state index contributed by atoms with van der Waals surface area (Å²) in [7, 11) is 0. The normalized spacial score (nSPS) is 31.1. The molecule has 1 aromatic heterocycles. The highest BCUT2D eigenvalue weighted by atomic mass is 32.1. The Morgan fingerprint density at radius 1 is 1.47 bits per heavy atom. The van der Waals surface area contributed by atoms with Crippen LogP contribution < -0.4 is 5.32 Å². The summed E-state index contributed by atoms with van der Waals surface area (Å²) in [5, 5.41) is 6.20. The monoisotopic (exact) mass is 287 g/mol. The third kappa shape index (κ3) is 2.41. The average Bonchev–Trinajstić information content (AvgIpc) is 2.92. The number of piperidine rings is 1. The summed E-state index contributed by atoms with van der Waals surface area (Å²) < 4.78 is 28.4. The maximum absolute atomic E-state index is 14.2. The second-order valence-corrected chi connectivity index (χ2v) is 6.79. The highest BCUT2D eigenvalue weighted by Crippen LogP contribution is 2.47. The molecule has 1 aromatic rings. The number of hydrogen-bond acceptors (Lipinski definition) is 4. The number of halogens is 2. The Morgan fingerprint density at radius 2 is 2.32 bits per heavy atom. The third-order valence-corrected chi connectivity index (χ3v) is 5.16. The van der Waals surface area contributed by atoms with Crippen molar-refractivity contribution in [2.24, 2.45) is 5.41 Å². The number of thiazole rings is 1. The van der Waals surface area contributed by atoms with Gasteiger partial charge in [-0.05, 0) is 19.9 Å². The van der Waals surface area contributed by atoms with Crippen LogP contribution in [-0.2, 0) is 6.54 Å². The van der Waals surface area contributed by atoms with Gasteiger partial charge < -0.3 is 5.32 Å². The predicted octanol–water partition coefficient (Wildman–Crippen LogP) is 2.27. The zero-order valence-electron chi connectivity index (χ0n) is 11.1. The maximum Gasteiger partial charge on any atom is 0.257 e. The first-order chi connectivity index (χ1) is 9.01. The van der Waals surface area contributed by atoms with Gasteiger partial charge in [-0.2, -0.15) is 0 Å². The lowest BCUT2D eigenvalue weighted by Crippen LogP contribution is -2.55. The molecule has 0 aromatic carbocycles. The minimum absolute atomic E-state index is 0.0311. The molecule has 19 heavy (non-hydrogen) atoms. The van der Waals surface area contributed by atoms with Gasteiger partial charge in [-0.1, -0.05) is 0 Å². The van der Waals surface area contributed by atoms with Gasteiger partial charge in [0.2, 0.25) is 0 Å². The molecule has 2 fully saturated rings. The average molecular weight is 287 g/mol. The van der Waals surface area contributed by atoms with E-state index in [-0.39, 0.29) is 6.42 Å². The van der Waals surface area contributed by atoms with E-state index in [9.17, 15) is 8.78 Å². The summed E-state index contributed by atoms with van der Waals surface area (Å²) in [6.45, 7) is 4.76. The Labute approximate surface area is 116 Å². The van der Waals surface area contributed by atoms with Gasteiger partial charge in [-0.3, -0.25) is 4.90 Å². The van der Waals surface area contributed by atoms with E-state index in [2.05, 4.69) is 15.2 Å². The fraction of sp³-hybridized carbons (Fsp3) is 0.769. The second kappa shape index (κ2) is 4.75. The highest BCUT2D eigenvalue weighted by molar-refractivity contribution is 7.09. The van der Waals surface area contributed by atoms with Crippen LogP contribution in [0.4, 0.5) is 8.78 Å². The molecule has 1 atom stereocenters. The molecule has 106 valence electrons. The maximum atomic E-state index is 14.2. The summed E-state index contributed by atoms with van der Waals surface area (Å²) in [5.74, 6) is -2.54. The van der Waals surface area contributed by atoms with Gasteiger partial charge in [0.1, 0.15) is 0 Å². The number of nitrogens with one attached hydrogen (secondary N) is 1. The van der Waals surface area contributed by atoms with E-state index in [1.54, 1.807) is 11.3 Å². The van der Waals surface area contributed by atoms with E-state index in [1.165, 1.54) is 0 Å². The minimum Gasteiger partial charge on any atom is -0.316 e. The predicted molar refractivity (Wildman–Crippen MR) is 71.6 cm³/mol. The number of aromatic nitrogens is 1. The molecular formula is C13H19F2N3S. The van der Waals surface area contributed by atoms with Gasteiger partial charge in [0.15, 0.2) is 0 Å². The fourth-order valence-corrected chi connectivity index (χ4v) is 3.82. The summed E-state index contributed by atoms with van der Waals surface area (Å²) in [4.78, 5) is 6.54. The Bertz CT molecular complexity index is 462. The lowest BCUT2D eigenvalue weighted by molar-refractivity contribution is -0.135. The number of rotatable bonds is 2. The van der Waals surface area contributed by atoms with Gasteiger partial charge in [-0.25, -0.2) is 13.8 Å². The zero-order chi connectivity index (χ0) is 13.5. The Hall–Kier alpha value is -0.590. The number of hydrogen-bond donors (Lipinski definition) is 1. The van der Waals surface area contributed by atoms with Gasteiger partial charge in [0.05, 0.1) is 16.1 Å². The van der Waals surface area contributed by atoms with E-state index in [0.717, 1.165) is 17.2 Å². The largest absolute Gasteiger partial charge is 0.316 e. The number of likely N-dealkylation sites (tertiary alicyclic amines) is 1. The van der Waals surface area contributed by atoms with Crippen LogP contribution in [-0.4, -0.2) is 42.0 Å². The van der Waals surface area contributed by atoms with Crippen LogP contribution in [0, 0.1) is 12.3 Å². The molecule has 0 aliphatic carbocycles. The standard InChI is InChI=1S/C13H19F2N3S/c1-10-17-11(7-19-10)6-18-5-3-12(9-18)8-16-4-2-13(12,14)15/h7,16H,2-6,8-9H2,1H3/t12-/m0/s1. The van der Waals surface area contributed by atoms with Crippen LogP contribution in [0.3, 0.4) is 0 Å². The van der Waals surface area contributed by atoms with Crippen molar-refractivity contribution in [2.75, 3.05) is 26.2 Å². The van der Waals surface area contributed by atoms with Crippen LogP contribution in [0.5, 0.6) is 0 Å². The first-order valence-corrected chi connectivity index (χ1v) is 7.61. The first kappa shape index (κ1) is 13.4. The first-order valence-electron chi connectivity index (χ1n) is 6.73. The highest BCUT2D eigenvalue weighted by Gasteiger charge is 2.57. The minimum atomic E-state index is -2.54. The van der Waals surface area contributed by atoms with Crippen molar-refractivity contribution in [1.29, 1.82) is 0 Å². The summed E-state index contributed by atoms with van der Waals surface area (Å²) >= 11 is 1.62. The molecule has 6 heteroatoms. The zero-order valence-corrected chi connectivity index (χ0v) is 11.9. The Balaban J connectivity index is 1.69. The molecule has 0 amide bonds. The third-order valence-electron chi connectivity index (χ3n) is 4.34. The number of aryl methyl sites for hydroxylation is 1. The lowest BCUT2D eigenvalue weighted by Gasteiger charge is -2.41. The topological polar surface area (TPSA) is 28.2 Å². The van der Waals surface area contributed by atoms with Crippen LogP contribution in [0.15, 0.2) is 5.38 Å². The number of alkyl halides is 2. The molecule has 2 aliphatic rings. The quantitative estimate of drug-likeness (QED) is 0.904. The van der Waals surface area contributed by atoms with Crippen molar-refractivity contribution >= 4 is 11.3 Å². The van der Waals surface area contributed by atoms with Crippen molar-refractivity contribution in [1.82, 2.24) is 15.2 Å². The molecule has 3 nitrogen and oxygen atoms in total. The van der Waals surface area contributed by atoms with Crippen LogP contribution >= 0.6 is 11.3 Å².